The molecule has 11 heteroatoms. The maximum atomic E-state index is 13.4. The highest BCUT2D eigenvalue weighted by Crippen LogP contribution is 2.34. The third-order valence-electron chi connectivity index (χ3n) is 5.51. The van der Waals surface area contributed by atoms with Crippen molar-refractivity contribution >= 4 is 56.6 Å². The summed E-state index contributed by atoms with van der Waals surface area (Å²) in [5, 5.41) is 1.01. The number of thiazole rings is 1. The molecule has 0 N–H and O–H groups in total. The first kappa shape index (κ1) is 26.7. The van der Waals surface area contributed by atoms with Crippen LogP contribution in [0.25, 0.3) is 10.2 Å². The predicted octanol–water partition coefficient (Wildman–Crippen LogP) is 6.07. The van der Waals surface area contributed by atoms with Gasteiger partial charge in [-0.3, -0.25) is 14.6 Å². The molecule has 2 heterocycles. The lowest BCUT2D eigenvalue weighted by Gasteiger charge is -2.27. The largest absolute Gasteiger partial charge is 0.416 e. The summed E-state index contributed by atoms with van der Waals surface area (Å²) >= 11 is 7.48. The molecule has 0 unspecified atom stereocenters. The zero-order valence-electron chi connectivity index (χ0n) is 18.4. The molecule has 1 aliphatic rings. The number of amides is 1. The number of aromatic nitrogens is 1. The molecule has 1 fully saturated rings. The highest BCUT2D eigenvalue weighted by atomic mass is 35.5. The van der Waals surface area contributed by atoms with Crippen LogP contribution in [0.15, 0.2) is 36.4 Å². The maximum Gasteiger partial charge on any atom is 0.416 e. The quantitative estimate of drug-likeness (QED) is 0.385. The predicted molar refractivity (Wildman–Crippen MR) is 132 cm³/mol. The van der Waals surface area contributed by atoms with Crippen molar-refractivity contribution in [3.63, 3.8) is 0 Å². The lowest BCUT2D eigenvalue weighted by Crippen LogP contribution is -2.39. The number of ether oxygens (including phenoxy) is 1. The number of morpholine rings is 1. The second kappa shape index (κ2) is 11.2. The fourth-order valence-corrected chi connectivity index (χ4v) is 5.25. The van der Waals surface area contributed by atoms with E-state index in [0.717, 1.165) is 47.5 Å². The molecule has 1 amide bonds. The van der Waals surface area contributed by atoms with E-state index in [2.05, 4.69) is 9.88 Å². The summed E-state index contributed by atoms with van der Waals surface area (Å²) in [6.07, 6.45) is -3.87. The first-order chi connectivity index (χ1) is 15.7. The minimum absolute atomic E-state index is 0. The molecule has 0 atom stereocenters. The van der Waals surface area contributed by atoms with Gasteiger partial charge in [0.1, 0.15) is 0 Å². The smallest absolute Gasteiger partial charge is 0.379 e. The van der Waals surface area contributed by atoms with Gasteiger partial charge >= 0.3 is 6.18 Å². The van der Waals surface area contributed by atoms with E-state index in [1.54, 1.807) is 12.1 Å². The molecule has 5 nitrogen and oxygen atoms in total. The molecule has 184 valence electrons. The molecule has 0 bridgehead atoms. The van der Waals surface area contributed by atoms with E-state index in [1.165, 1.54) is 28.4 Å². The van der Waals surface area contributed by atoms with Crippen LogP contribution in [0.4, 0.5) is 18.3 Å². The molecule has 4 rings (SSSR count). The van der Waals surface area contributed by atoms with E-state index in [-0.39, 0.29) is 18.0 Å². The van der Waals surface area contributed by atoms with Crippen LogP contribution in [0, 0.1) is 6.92 Å². The molecule has 1 aromatic heterocycles. The van der Waals surface area contributed by atoms with E-state index in [0.29, 0.717) is 36.3 Å². The van der Waals surface area contributed by atoms with Crippen molar-refractivity contribution in [3.05, 3.63) is 58.1 Å². The Morgan fingerprint density at radius 1 is 1.24 bits per heavy atom. The van der Waals surface area contributed by atoms with E-state index >= 15 is 0 Å². The summed E-state index contributed by atoms with van der Waals surface area (Å²) in [4.78, 5) is 21.8. The zero-order valence-corrected chi connectivity index (χ0v) is 20.8. The lowest BCUT2D eigenvalue weighted by molar-refractivity contribution is -0.137. The number of carbonyl (C=O) groups is 1. The Kier molecular flexibility index (Phi) is 8.81. The molecule has 0 spiro atoms. The van der Waals surface area contributed by atoms with E-state index < -0.39 is 17.6 Å². The maximum absolute atomic E-state index is 13.4. The molecule has 34 heavy (non-hydrogen) atoms. The van der Waals surface area contributed by atoms with Gasteiger partial charge < -0.3 is 4.74 Å². The third-order valence-corrected chi connectivity index (χ3v) is 6.76. The fourth-order valence-electron chi connectivity index (χ4n) is 3.80. The number of benzene rings is 2. The van der Waals surface area contributed by atoms with Gasteiger partial charge in [0.2, 0.25) is 0 Å². The van der Waals surface area contributed by atoms with Crippen molar-refractivity contribution in [1.82, 2.24) is 9.88 Å². The van der Waals surface area contributed by atoms with Crippen LogP contribution in [-0.4, -0.2) is 55.2 Å². The lowest BCUT2D eigenvalue weighted by atomic mass is 10.1. The minimum atomic E-state index is -4.53. The number of hydrogen-bond acceptors (Lipinski definition) is 5. The van der Waals surface area contributed by atoms with Crippen LogP contribution in [0.2, 0.25) is 5.02 Å². The zero-order chi connectivity index (χ0) is 23.6. The van der Waals surface area contributed by atoms with Gasteiger partial charge in [0.25, 0.3) is 5.91 Å². The van der Waals surface area contributed by atoms with E-state index in [1.807, 2.05) is 6.92 Å². The molecule has 0 aliphatic carbocycles. The molecule has 1 aliphatic heterocycles. The molecule has 0 radical (unpaired) electrons. The molecule has 0 saturated carbocycles. The third kappa shape index (κ3) is 6.20. The first-order valence-corrected chi connectivity index (χ1v) is 11.8. The number of alkyl halides is 3. The van der Waals surface area contributed by atoms with Gasteiger partial charge in [0, 0.05) is 36.8 Å². The van der Waals surface area contributed by atoms with Crippen molar-refractivity contribution in [1.29, 1.82) is 0 Å². The number of anilines is 1. The van der Waals surface area contributed by atoms with Crippen LogP contribution in [0.3, 0.4) is 0 Å². The van der Waals surface area contributed by atoms with Crippen LogP contribution >= 0.6 is 35.3 Å². The fraction of sp³-hybridized carbons (Fsp3) is 0.391. The monoisotopic (exact) mass is 533 g/mol. The average Bonchev–Trinajstić information content (AvgIpc) is 3.20. The summed E-state index contributed by atoms with van der Waals surface area (Å²) in [5.41, 5.74) is 0.730. The van der Waals surface area contributed by atoms with E-state index in [9.17, 15) is 18.0 Å². The summed E-state index contributed by atoms with van der Waals surface area (Å²) in [6, 6.07) is 8.10. The number of aryl methyl sites for hydroxylation is 1. The standard InChI is InChI=1S/C23H23ClF3N3O2S.ClH/c1-15-12-18(24)14-19-20(15)28-22(33-19)30(7-3-6-29-8-10-32-11-9-29)21(31)16-4-2-5-17(13-16)23(25,26)27;/h2,4-5,12-14H,3,6-11H2,1H3;1H. The van der Waals surface area contributed by atoms with Crippen molar-refractivity contribution in [2.24, 2.45) is 0 Å². The molecule has 2 aromatic carbocycles. The number of fused-ring (bicyclic) bond motifs is 1. The number of hydrogen-bond donors (Lipinski definition) is 0. The van der Waals surface area contributed by atoms with Gasteiger partial charge in [-0.25, -0.2) is 4.98 Å². The van der Waals surface area contributed by atoms with Gasteiger partial charge in [0.05, 0.1) is 29.0 Å². The van der Waals surface area contributed by atoms with E-state index in [4.69, 9.17) is 16.3 Å². The second-order valence-electron chi connectivity index (χ2n) is 7.91. The van der Waals surface area contributed by atoms with Gasteiger partial charge in [-0.05, 0) is 49.2 Å². The highest BCUT2D eigenvalue weighted by Gasteiger charge is 2.32. The molecule has 3 aromatic rings. The molecule has 1 saturated heterocycles. The Labute approximate surface area is 210 Å². The van der Waals surface area contributed by atoms with Crippen LogP contribution in [0.5, 0.6) is 0 Å². The summed E-state index contributed by atoms with van der Waals surface area (Å²) in [6.45, 7) is 5.95. The van der Waals surface area contributed by atoms with Crippen LogP contribution < -0.4 is 4.90 Å². The summed E-state index contributed by atoms with van der Waals surface area (Å²) < 4.78 is 45.9. The topological polar surface area (TPSA) is 45.7 Å². The summed E-state index contributed by atoms with van der Waals surface area (Å²) in [5.74, 6) is -0.508. The molecular weight excluding hydrogens is 510 g/mol. The van der Waals surface area contributed by atoms with Crippen LogP contribution in [-0.2, 0) is 10.9 Å². The Morgan fingerprint density at radius 2 is 1.97 bits per heavy atom. The van der Waals surface area contributed by atoms with Crippen molar-refractivity contribution in [2.45, 2.75) is 19.5 Å². The van der Waals surface area contributed by atoms with Gasteiger partial charge in [-0.15, -0.1) is 12.4 Å². The second-order valence-corrected chi connectivity index (χ2v) is 9.35. The Hall–Kier alpha value is -1.91. The Bertz CT molecular complexity index is 1150. The molecular formula is C23H24Cl2F3N3O2S. The first-order valence-electron chi connectivity index (χ1n) is 10.6. The number of rotatable bonds is 6. The number of carbonyl (C=O) groups excluding carboxylic acids is 1. The highest BCUT2D eigenvalue weighted by molar-refractivity contribution is 7.22. The normalized spacial score (nSPS) is 14.7. The number of halogens is 5. The van der Waals surface area contributed by atoms with Crippen molar-refractivity contribution in [2.75, 3.05) is 44.3 Å². The number of nitrogens with zero attached hydrogens (tertiary/aromatic N) is 3. The minimum Gasteiger partial charge on any atom is -0.379 e. The average molecular weight is 534 g/mol. The summed E-state index contributed by atoms with van der Waals surface area (Å²) in [7, 11) is 0. The Balaban J connectivity index is 0.00000324. The van der Waals surface area contributed by atoms with Gasteiger partial charge in [-0.1, -0.05) is 29.0 Å². The van der Waals surface area contributed by atoms with Gasteiger partial charge in [-0.2, -0.15) is 13.2 Å². The van der Waals surface area contributed by atoms with Crippen LogP contribution in [0.1, 0.15) is 27.9 Å². The van der Waals surface area contributed by atoms with Gasteiger partial charge in [0.15, 0.2) is 5.13 Å². The Morgan fingerprint density at radius 3 is 2.68 bits per heavy atom. The SMILES string of the molecule is Cc1cc(Cl)cc2sc(N(CCCN3CCOCC3)C(=O)c3cccc(C(F)(F)F)c3)nc12.Cl. The van der Waals surface area contributed by atoms with Crippen molar-refractivity contribution < 1.29 is 22.7 Å². The van der Waals surface area contributed by atoms with Crippen molar-refractivity contribution in [3.8, 4) is 0 Å².